The van der Waals surface area contributed by atoms with Crippen LogP contribution in [-0.4, -0.2) is 55.4 Å². The number of carbonyl (C=O) groups excluding carboxylic acids is 1. The van der Waals surface area contributed by atoms with Crippen LogP contribution in [0, 0.1) is 0 Å². The van der Waals surface area contributed by atoms with Crippen LogP contribution in [0.5, 0.6) is 0 Å². The lowest BCUT2D eigenvalue weighted by Crippen LogP contribution is -2.45. The summed E-state index contributed by atoms with van der Waals surface area (Å²) in [4.78, 5) is 22.8. The quantitative estimate of drug-likeness (QED) is 0.647. The molecule has 0 aliphatic heterocycles. The van der Waals surface area contributed by atoms with Crippen LogP contribution in [0.2, 0.25) is 0 Å². The van der Waals surface area contributed by atoms with Gasteiger partial charge in [-0.05, 0) is 6.92 Å². The van der Waals surface area contributed by atoms with Crippen LogP contribution in [0.25, 0.3) is 0 Å². The van der Waals surface area contributed by atoms with Crippen molar-refractivity contribution in [2.24, 2.45) is 0 Å². The summed E-state index contributed by atoms with van der Waals surface area (Å²) in [6.45, 7) is 1.85. The van der Waals surface area contributed by atoms with Gasteiger partial charge in [-0.3, -0.25) is 4.79 Å². The van der Waals surface area contributed by atoms with Crippen molar-refractivity contribution in [3.63, 3.8) is 0 Å². The van der Waals surface area contributed by atoms with E-state index in [0.29, 0.717) is 6.61 Å². The summed E-state index contributed by atoms with van der Waals surface area (Å²) in [6, 6.07) is -0.509. The Bertz CT molecular complexity index is 208. The topological polar surface area (TPSA) is 78.9 Å². The van der Waals surface area contributed by atoms with Gasteiger partial charge >= 0.3 is 12.0 Å². The fourth-order valence-corrected chi connectivity index (χ4v) is 0.829. The van der Waals surface area contributed by atoms with Gasteiger partial charge in [-0.15, -0.1) is 0 Å². The van der Waals surface area contributed by atoms with E-state index in [0.717, 1.165) is 0 Å². The Labute approximate surface area is 82.8 Å². The van der Waals surface area contributed by atoms with Crippen LogP contribution in [0.1, 0.15) is 6.92 Å². The number of nitrogens with zero attached hydrogens (tertiary/aromatic N) is 1. The second kappa shape index (κ2) is 6.20. The largest absolute Gasteiger partial charge is 0.480 e. The molecule has 0 rings (SSSR count). The zero-order valence-corrected chi connectivity index (χ0v) is 8.61. The molecule has 2 amide bonds. The van der Waals surface area contributed by atoms with Crippen LogP contribution in [0.4, 0.5) is 4.79 Å². The van der Waals surface area contributed by atoms with Crippen LogP contribution < -0.4 is 5.32 Å². The average Bonchev–Trinajstić information content (AvgIpc) is 2.13. The van der Waals surface area contributed by atoms with Crippen molar-refractivity contribution in [2.75, 3.05) is 27.3 Å². The van der Waals surface area contributed by atoms with E-state index in [9.17, 15) is 9.59 Å². The summed E-state index contributed by atoms with van der Waals surface area (Å²) in [5.74, 6) is -1.06. The zero-order chi connectivity index (χ0) is 11.1. The summed E-state index contributed by atoms with van der Waals surface area (Å²) < 4.78 is 4.86. The lowest BCUT2D eigenvalue weighted by molar-refractivity contribution is -0.135. The normalized spacial score (nSPS) is 11.9. The standard InChI is InChI=1S/C8H16N2O4/c1-6(5-14-3)10(2)8(13)9-4-7(11)12/h6H,4-5H2,1-3H3,(H,9,13)(H,11,12). The number of urea groups is 1. The number of hydrogen-bond acceptors (Lipinski definition) is 3. The van der Waals surface area contributed by atoms with Crippen molar-refractivity contribution in [1.82, 2.24) is 10.2 Å². The second-order valence-electron chi connectivity index (χ2n) is 2.97. The molecule has 0 aliphatic rings. The monoisotopic (exact) mass is 204 g/mol. The molecule has 14 heavy (non-hydrogen) atoms. The maximum Gasteiger partial charge on any atom is 0.323 e. The van der Waals surface area contributed by atoms with Crippen molar-refractivity contribution < 1.29 is 19.4 Å². The van der Waals surface area contributed by atoms with Crippen LogP contribution in [0.3, 0.4) is 0 Å². The molecule has 0 saturated carbocycles. The first-order valence-electron chi connectivity index (χ1n) is 4.20. The summed E-state index contributed by atoms with van der Waals surface area (Å²) in [6.07, 6.45) is 0. The lowest BCUT2D eigenvalue weighted by atomic mass is 10.3. The minimum Gasteiger partial charge on any atom is -0.480 e. The number of carbonyl (C=O) groups is 2. The first kappa shape index (κ1) is 12.7. The number of ether oxygens (including phenoxy) is 1. The molecule has 82 valence electrons. The average molecular weight is 204 g/mol. The van der Waals surface area contributed by atoms with Gasteiger partial charge in [0.15, 0.2) is 0 Å². The SMILES string of the molecule is COCC(C)N(C)C(=O)NCC(=O)O. The van der Waals surface area contributed by atoms with Gasteiger partial charge in [-0.1, -0.05) is 0 Å². The number of nitrogens with one attached hydrogen (secondary N) is 1. The highest BCUT2D eigenvalue weighted by atomic mass is 16.5. The lowest BCUT2D eigenvalue weighted by Gasteiger charge is -2.24. The third-order valence-corrected chi connectivity index (χ3v) is 1.78. The molecule has 0 aromatic heterocycles. The van der Waals surface area contributed by atoms with E-state index in [2.05, 4.69) is 5.32 Å². The number of hydrogen-bond donors (Lipinski definition) is 2. The molecule has 0 aromatic rings. The van der Waals surface area contributed by atoms with Crippen LogP contribution >= 0.6 is 0 Å². The number of carboxylic acids is 1. The molecule has 1 unspecified atom stereocenters. The molecular weight excluding hydrogens is 188 g/mol. The van der Waals surface area contributed by atoms with Gasteiger partial charge in [0.2, 0.25) is 0 Å². The smallest absolute Gasteiger partial charge is 0.323 e. The molecule has 6 heteroatoms. The number of methoxy groups -OCH3 is 1. The van der Waals surface area contributed by atoms with Gasteiger partial charge in [-0.25, -0.2) is 4.79 Å². The third kappa shape index (κ3) is 4.66. The fourth-order valence-electron chi connectivity index (χ4n) is 0.829. The van der Waals surface area contributed by atoms with E-state index in [-0.39, 0.29) is 12.6 Å². The van der Waals surface area contributed by atoms with E-state index < -0.39 is 12.0 Å². The first-order valence-corrected chi connectivity index (χ1v) is 4.20. The maximum absolute atomic E-state index is 11.3. The van der Waals surface area contributed by atoms with Crippen LogP contribution in [-0.2, 0) is 9.53 Å². The first-order chi connectivity index (χ1) is 6.49. The predicted molar refractivity (Wildman–Crippen MR) is 50.1 cm³/mol. The Morgan fingerprint density at radius 1 is 1.57 bits per heavy atom. The molecule has 0 aliphatic carbocycles. The van der Waals surface area contributed by atoms with E-state index >= 15 is 0 Å². The van der Waals surface area contributed by atoms with E-state index in [1.807, 2.05) is 6.92 Å². The highest BCUT2D eigenvalue weighted by molar-refractivity contribution is 5.79. The number of rotatable bonds is 5. The molecule has 6 nitrogen and oxygen atoms in total. The molecule has 0 saturated heterocycles. The molecule has 0 spiro atoms. The Kier molecular flexibility index (Phi) is 5.62. The fraction of sp³-hybridized carbons (Fsp3) is 0.750. The maximum atomic E-state index is 11.3. The van der Waals surface area contributed by atoms with Crippen LogP contribution in [0.15, 0.2) is 0 Å². The van der Waals surface area contributed by atoms with Gasteiger partial charge in [0, 0.05) is 14.2 Å². The second-order valence-corrected chi connectivity index (χ2v) is 2.97. The summed E-state index contributed by atoms with van der Waals surface area (Å²) in [7, 11) is 3.13. The third-order valence-electron chi connectivity index (χ3n) is 1.78. The van der Waals surface area contributed by atoms with Gasteiger partial charge in [-0.2, -0.15) is 0 Å². The summed E-state index contributed by atoms with van der Waals surface area (Å²) in [5.41, 5.74) is 0. The van der Waals surface area contributed by atoms with Gasteiger partial charge in [0.25, 0.3) is 0 Å². The minimum atomic E-state index is -1.06. The van der Waals surface area contributed by atoms with E-state index in [4.69, 9.17) is 9.84 Å². The molecule has 2 N–H and O–H groups in total. The van der Waals surface area contributed by atoms with Crippen molar-refractivity contribution >= 4 is 12.0 Å². The molecule has 1 atom stereocenters. The Morgan fingerprint density at radius 3 is 2.57 bits per heavy atom. The molecule has 0 aromatic carbocycles. The minimum absolute atomic E-state index is 0.0891. The highest BCUT2D eigenvalue weighted by Gasteiger charge is 2.15. The van der Waals surface area contributed by atoms with Gasteiger partial charge in [0.05, 0.1) is 12.6 Å². The highest BCUT2D eigenvalue weighted by Crippen LogP contribution is 1.95. The zero-order valence-electron chi connectivity index (χ0n) is 8.61. The molecular formula is C8H16N2O4. The molecule has 0 fully saturated rings. The number of carboxylic acid groups (broad SMARTS) is 1. The van der Waals surface area contributed by atoms with Gasteiger partial charge < -0.3 is 20.1 Å². The van der Waals surface area contributed by atoms with Crippen molar-refractivity contribution in [3.8, 4) is 0 Å². The van der Waals surface area contributed by atoms with E-state index in [1.54, 1.807) is 14.2 Å². The van der Waals surface area contributed by atoms with Gasteiger partial charge in [0.1, 0.15) is 6.54 Å². The Hall–Kier alpha value is -1.30. The molecule has 0 heterocycles. The van der Waals surface area contributed by atoms with Crippen molar-refractivity contribution in [2.45, 2.75) is 13.0 Å². The molecule has 0 radical (unpaired) electrons. The Morgan fingerprint density at radius 2 is 2.14 bits per heavy atom. The number of amides is 2. The number of likely N-dealkylation sites (N-methyl/N-ethyl adjacent to an activating group) is 1. The van der Waals surface area contributed by atoms with Crippen molar-refractivity contribution in [3.05, 3.63) is 0 Å². The van der Waals surface area contributed by atoms with E-state index in [1.165, 1.54) is 4.90 Å². The Balaban J connectivity index is 3.91. The summed E-state index contributed by atoms with van der Waals surface area (Å²) in [5, 5.41) is 10.6. The van der Waals surface area contributed by atoms with Crippen molar-refractivity contribution in [1.29, 1.82) is 0 Å². The predicted octanol–water partition coefficient (Wildman–Crippen LogP) is -0.253. The summed E-state index contributed by atoms with van der Waals surface area (Å²) >= 11 is 0. The number of aliphatic carboxylic acids is 1. The molecule has 0 bridgehead atoms.